The lowest BCUT2D eigenvalue weighted by atomic mass is 10.2. The lowest BCUT2D eigenvalue weighted by Gasteiger charge is -2.17. The Morgan fingerprint density at radius 2 is 2.18 bits per heavy atom. The number of hydrogen-bond donors (Lipinski definition) is 2. The second-order valence-electron chi connectivity index (χ2n) is 5.01. The molecule has 0 aliphatic carbocycles. The summed E-state index contributed by atoms with van der Waals surface area (Å²) in [6.45, 7) is 4.97. The van der Waals surface area contributed by atoms with Crippen LogP contribution in [0.15, 0.2) is 35.8 Å². The van der Waals surface area contributed by atoms with Crippen LogP contribution in [-0.2, 0) is 6.42 Å². The van der Waals surface area contributed by atoms with E-state index in [9.17, 15) is 4.79 Å². The molecule has 0 aliphatic rings. The average Bonchev–Trinajstić information content (AvgIpc) is 3.01. The van der Waals surface area contributed by atoms with E-state index in [-0.39, 0.29) is 12.1 Å². The number of carbonyl (C=O) groups is 1. The number of nitrogens with one attached hydrogen (secondary N) is 2. The van der Waals surface area contributed by atoms with E-state index in [4.69, 9.17) is 4.74 Å². The monoisotopic (exact) mass is 319 g/mol. The highest BCUT2D eigenvalue weighted by molar-refractivity contribution is 7.09. The molecule has 118 valence electrons. The summed E-state index contributed by atoms with van der Waals surface area (Å²) in [4.78, 5) is 15.9. The van der Waals surface area contributed by atoms with Crippen LogP contribution in [-0.4, -0.2) is 30.2 Å². The maximum absolute atomic E-state index is 11.7. The summed E-state index contributed by atoms with van der Waals surface area (Å²) in [6, 6.07) is 7.66. The lowest BCUT2D eigenvalue weighted by Crippen LogP contribution is -2.41. The molecule has 0 bridgehead atoms. The summed E-state index contributed by atoms with van der Waals surface area (Å²) in [6.07, 6.45) is 2.43. The summed E-state index contributed by atoms with van der Waals surface area (Å²) in [5.41, 5.74) is 1.09. The first kappa shape index (κ1) is 16.3. The smallest absolute Gasteiger partial charge is 0.314 e. The van der Waals surface area contributed by atoms with Gasteiger partial charge in [0, 0.05) is 24.5 Å². The van der Waals surface area contributed by atoms with E-state index in [0.29, 0.717) is 13.1 Å². The molecule has 2 rings (SSSR count). The van der Waals surface area contributed by atoms with Gasteiger partial charge < -0.3 is 15.4 Å². The van der Waals surface area contributed by atoms with E-state index in [1.54, 1.807) is 17.5 Å². The summed E-state index contributed by atoms with van der Waals surface area (Å²) < 4.78 is 5.81. The number of hydrogen-bond acceptors (Lipinski definition) is 4. The molecule has 1 aromatic carbocycles. The predicted octanol–water partition coefficient (Wildman–Crippen LogP) is 2.76. The summed E-state index contributed by atoms with van der Waals surface area (Å²) >= 11 is 1.59. The molecule has 6 heteroatoms. The number of aryl methyl sites for hydroxylation is 1. The fourth-order valence-electron chi connectivity index (χ4n) is 1.91. The molecule has 0 radical (unpaired) electrons. The van der Waals surface area contributed by atoms with Crippen LogP contribution in [0, 0.1) is 6.92 Å². The first-order valence-electron chi connectivity index (χ1n) is 7.27. The van der Waals surface area contributed by atoms with Crippen LogP contribution in [0.2, 0.25) is 0 Å². The lowest BCUT2D eigenvalue weighted by molar-refractivity contribution is 0.207. The van der Waals surface area contributed by atoms with Crippen molar-refractivity contribution >= 4 is 17.4 Å². The van der Waals surface area contributed by atoms with E-state index in [1.165, 1.54) is 0 Å². The van der Waals surface area contributed by atoms with Crippen molar-refractivity contribution in [2.45, 2.75) is 26.4 Å². The molecule has 0 fully saturated rings. The second kappa shape index (κ2) is 8.38. The number of urea groups is 1. The van der Waals surface area contributed by atoms with Crippen LogP contribution in [0.4, 0.5) is 4.79 Å². The van der Waals surface area contributed by atoms with Crippen LogP contribution >= 0.6 is 11.3 Å². The largest absolute Gasteiger partial charge is 0.489 e. The van der Waals surface area contributed by atoms with Gasteiger partial charge in [0.25, 0.3) is 0 Å². The van der Waals surface area contributed by atoms with Crippen molar-refractivity contribution in [3.05, 3.63) is 46.4 Å². The summed E-state index contributed by atoms with van der Waals surface area (Å²) in [5.74, 6) is 0.848. The molecule has 1 aromatic heterocycles. The van der Waals surface area contributed by atoms with Crippen LogP contribution < -0.4 is 15.4 Å². The van der Waals surface area contributed by atoms with Gasteiger partial charge in [-0.25, -0.2) is 9.78 Å². The van der Waals surface area contributed by atoms with Crippen LogP contribution in [0.3, 0.4) is 0 Å². The number of carbonyl (C=O) groups excluding carboxylic acids is 1. The zero-order chi connectivity index (χ0) is 15.8. The van der Waals surface area contributed by atoms with Gasteiger partial charge in [0.05, 0.1) is 11.6 Å². The number of benzene rings is 1. The van der Waals surface area contributed by atoms with Crippen molar-refractivity contribution in [3.63, 3.8) is 0 Å². The summed E-state index contributed by atoms with van der Waals surface area (Å²) in [7, 11) is 0. The maximum Gasteiger partial charge on any atom is 0.314 e. The summed E-state index contributed by atoms with van der Waals surface area (Å²) in [5, 5.41) is 8.58. The van der Waals surface area contributed by atoms with Crippen molar-refractivity contribution in [1.29, 1.82) is 0 Å². The van der Waals surface area contributed by atoms with Gasteiger partial charge in [-0.1, -0.05) is 18.2 Å². The first-order valence-corrected chi connectivity index (χ1v) is 8.15. The van der Waals surface area contributed by atoms with E-state index >= 15 is 0 Å². The van der Waals surface area contributed by atoms with Gasteiger partial charge in [0.2, 0.25) is 0 Å². The molecule has 22 heavy (non-hydrogen) atoms. The number of nitrogens with zero attached hydrogens (tertiary/aromatic N) is 1. The molecule has 0 aliphatic heterocycles. The molecule has 0 saturated carbocycles. The Bertz CT molecular complexity index is 587. The zero-order valence-corrected chi connectivity index (χ0v) is 13.7. The molecule has 2 amide bonds. The molecule has 1 unspecified atom stereocenters. The normalized spacial score (nSPS) is 11.7. The number of para-hydroxylation sites is 1. The first-order chi connectivity index (χ1) is 10.6. The Morgan fingerprint density at radius 1 is 1.36 bits per heavy atom. The predicted molar refractivity (Wildman–Crippen MR) is 88.5 cm³/mol. The third kappa shape index (κ3) is 5.37. The van der Waals surface area contributed by atoms with Crippen LogP contribution in [0.1, 0.15) is 17.5 Å². The molecular formula is C16H21N3O2S. The molecule has 0 spiro atoms. The van der Waals surface area contributed by atoms with Gasteiger partial charge in [0.1, 0.15) is 11.9 Å². The van der Waals surface area contributed by atoms with E-state index in [0.717, 1.165) is 22.7 Å². The van der Waals surface area contributed by atoms with Gasteiger partial charge >= 0.3 is 6.03 Å². The number of aromatic nitrogens is 1. The topological polar surface area (TPSA) is 63.2 Å². The fourth-order valence-corrected chi connectivity index (χ4v) is 2.53. The Hall–Kier alpha value is -2.08. The molecule has 2 aromatic rings. The van der Waals surface area contributed by atoms with Gasteiger partial charge in [-0.15, -0.1) is 11.3 Å². The third-order valence-corrected chi connectivity index (χ3v) is 3.92. The SMILES string of the molecule is Cc1ccccc1OC(C)CNC(=O)NCCc1nccs1. The van der Waals surface area contributed by atoms with Crippen molar-refractivity contribution in [1.82, 2.24) is 15.6 Å². The third-order valence-electron chi connectivity index (χ3n) is 3.08. The zero-order valence-electron chi connectivity index (χ0n) is 12.8. The Balaban J connectivity index is 1.64. The minimum absolute atomic E-state index is 0.0918. The van der Waals surface area contributed by atoms with Crippen molar-refractivity contribution in [2.75, 3.05) is 13.1 Å². The van der Waals surface area contributed by atoms with Gasteiger partial charge in [-0.05, 0) is 25.5 Å². The minimum atomic E-state index is -0.184. The molecule has 1 heterocycles. The minimum Gasteiger partial charge on any atom is -0.489 e. The fraction of sp³-hybridized carbons (Fsp3) is 0.375. The molecule has 2 N–H and O–H groups in total. The number of ether oxygens (including phenoxy) is 1. The van der Waals surface area contributed by atoms with Gasteiger partial charge in [0.15, 0.2) is 0 Å². The van der Waals surface area contributed by atoms with Crippen LogP contribution in [0.5, 0.6) is 5.75 Å². The van der Waals surface area contributed by atoms with Crippen molar-refractivity contribution in [3.8, 4) is 5.75 Å². The maximum atomic E-state index is 11.7. The Labute approximate surface area is 134 Å². The number of rotatable bonds is 7. The second-order valence-corrected chi connectivity index (χ2v) is 5.99. The molecule has 1 atom stereocenters. The average molecular weight is 319 g/mol. The highest BCUT2D eigenvalue weighted by atomic mass is 32.1. The molecule has 5 nitrogen and oxygen atoms in total. The molecule has 0 saturated heterocycles. The Kier molecular flexibility index (Phi) is 6.21. The van der Waals surface area contributed by atoms with Crippen LogP contribution in [0.25, 0.3) is 0 Å². The van der Waals surface area contributed by atoms with Crippen molar-refractivity contribution < 1.29 is 9.53 Å². The Morgan fingerprint density at radius 3 is 2.91 bits per heavy atom. The van der Waals surface area contributed by atoms with E-state index in [2.05, 4.69) is 15.6 Å². The van der Waals surface area contributed by atoms with Gasteiger partial charge in [-0.3, -0.25) is 0 Å². The number of amides is 2. The highest BCUT2D eigenvalue weighted by Gasteiger charge is 2.08. The van der Waals surface area contributed by atoms with E-state index < -0.39 is 0 Å². The van der Waals surface area contributed by atoms with E-state index in [1.807, 2.05) is 43.5 Å². The quantitative estimate of drug-likeness (QED) is 0.825. The number of thiazole rings is 1. The highest BCUT2D eigenvalue weighted by Crippen LogP contribution is 2.17. The molecular weight excluding hydrogens is 298 g/mol. The van der Waals surface area contributed by atoms with Crippen molar-refractivity contribution in [2.24, 2.45) is 0 Å². The standard InChI is InChI=1S/C16H21N3O2S/c1-12-5-3-4-6-14(12)21-13(2)11-19-16(20)18-8-7-15-17-9-10-22-15/h3-6,9-10,13H,7-8,11H2,1-2H3,(H2,18,19,20). The van der Waals surface area contributed by atoms with Gasteiger partial charge in [-0.2, -0.15) is 0 Å².